The van der Waals surface area contributed by atoms with E-state index in [-0.39, 0.29) is 6.61 Å². The summed E-state index contributed by atoms with van der Waals surface area (Å²) in [4.78, 5) is 0. The molecule has 1 rings (SSSR count). The van der Waals surface area contributed by atoms with E-state index in [0.717, 1.165) is 27.9 Å². The van der Waals surface area contributed by atoms with E-state index in [2.05, 4.69) is 33.7 Å². The lowest BCUT2D eigenvalue weighted by molar-refractivity contribution is 0.157. The Morgan fingerprint density at radius 2 is 2.30 bits per heavy atom. The predicted octanol–water partition coefficient (Wildman–Crippen LogP) is 3.14. The average Bonchev–Trinajstić information content (AvgIpc) is 2.41. The van der Waals surface area contributed by atoms with Gasteiger partial charge in [-0.15, -0.1) is 6.42 Å². The van der Waals surface area contributed by atoms with Gasteiger partial charge in [-0.3, -0.25) is 0 Å². The van der Waals surface area contributed by atoms with Crippen LogP contribution in [-0.2, 0) is 11.3 Å². The van der Waals surface area contributed by atoms with Gasteiger partial charge in [-0.2, -0.15) is 0 Å². The first-order valence-corrected chi connectivity index (χ1v) is 7.20. The van der Waals surface area contributed by atoms with Gasteiger partial charge in [0.25, 0.3) is 0 Å². The van der Waals surface area contributed by atoms with Crippen LogP contribution in [0.15, 0.2) is 34.8 Å². The first kappa shape index (κ1) is 16.8. The summed E-state index contributed by atoms with van der Waals surface area (Å²) in [5.41, 5.74) is 2.09. The first-order valence-electron chi connectivity index (χ1n) is 6.41. The highest BCUT2D eigenvalue weighted by atomic mass is 79.9. The molecule has 3 nitrogen and oxygen atoms in total. The molecule has 20 heavy (non-hydrogen) atoms. The minimum absolute atomic E-state index is 0.274. The standard InChI is InChI=1S/C16H20BrNO2/c1-4-8-20-16-6-5-15(17)10-14(16)11-18-7-9-19-12-13(2)3/h1,5-6,10,18H,2,7-9,11-12H2,3H3. The van der Waals surface area contributed by atoms with Gasteiger partial charge in [0.2, 0.25) is 0 Å². The fourth-order valence-electron chi connectivity index (χ4n) is 1.56. The molecule has 0 saturated carbocycles. The third-order valence-electron chi connectivity index (χ3n) is 2.42. The van der Waals surface area contributed by atoms with Crippen molar-refractivity contribution in [1.29, 1.82) is 0 Å². The summed E-state index contributed by atoms with van der Waals surface area (Å²) >= 11 is 3.46. The van der Waals surface area contributed by atoms with Crippen molar-refractivity contribution in [3.05, 3.63) is 40.4 Å². The van der Waals surface area contributed by atoms with Crippen molar-refractivity contribution in [3.8, 4) is 18.1 Å². The molecule has 108 valence electrons. The molecule has 0 atom stereocenters. The molecule has 1 N–H and O–H groups in total. The van der Waals surface area contributed by atoms with Crippen LogP contribution in [0.4, 0.5) is 0 Å². The monoisotopic (exact) mass is 337 g/mol. The van der Waals surface area contributed by atoms with Gasteiger partial charge in [-0.05, 0) is 25.1 Å². The fraction of sp³-hybridized carbons (Fsp3) is 0.375. The van der Waals surface area contributed by atoms with E-state index in [1.807, 2.05) is 25.1 Å². The maximum absolute atomic E-state index is 5.51. The number of hydrogen-bond acceptors (Lipinski definition) is 3. The molecule has 0 aliphatic carbocycles. The second-order valence-electron chi connectivity index (χ2n) is 4.43. The van der Waals surface area contributed by atoms with Gasteiger partial charge in [0.05, 0.1) is 13.2 Å². The van der Waals surface area contributed by atoms with E-state index in [9.17, 15) is 0 Å². The van der Waals surface area contributed by atoms with E-state index < -0.39 is 0 Å². The molecule has 4 heteroatoms. The number of nitrogens with one attached hydrogen (secondary N) is 1. The molecule has 0 unspecified atom stereocenters. The molecule has 0 bridgehead atoms. The summed E-state index contributed by atoms with van der Waals surface area (Å²) in [7, 11) is 0. The predicted molar refractivity (Wildman–Crippen MR) is 85.8 cm³/mol. The minimum atomic E-state index is 0.274. The highest BCUT2D eigenvalue weighted by Crippen LogP contribution is 2.23. The van der Waals surface area contributed by atoms with Crippen LogP contribution in [0.25, 0.3) is 0 Å². The Morgan fingerprint density at radius 1 is 1.50 bits per heavy atom. The van der Waals surface area contributed by atoms with Crippen molar-refractivity contribution < 1.29 is 9.47 Å². The van der Waals surface area contributed by atoms with Gasteiger partial charge >= 0.3 is 0 Å². The van der Waals surface area contributed by atoms with Crippen LogP contribution in [0.5, 0.6) is 5.75 Å². The number of hydrogen-bond donors (Lipinski definition) is 1. The Bertz CT molecular complexity index is 480. The number of halogens is 1. The fourth-order valence-corrected chi connectivity index (χ4v) is 1.97. The SMILES string of the molecule is C#CCOc1ccc(Br)cc1CNCCOCC(=C)C. The Hall–Kier alpha value is -1.28. The van der Waals surface area contributed by atoms with Crippen LogP contribution in [0.3, 0.4) is 0 Å². The molecule has 0 aliphatic heterocycles. The largest absolute Gasteiger partial charge is 0.481 e. The maximum atomic E-state index is 5.51. The van der Waals surface area contributed by atoms with Gasteiger partial charge in [-0.1, -0.05) is 34.0 Å². The summed E-state index contributed by atoms with van der Waals surface area (Å²) in [6.45, 7) is 8.75. The van der Waals surface area contributed by atoms with Crippen LogP contribution in [-0.4, -0.2) is 26.4 Å². The van der Waals surface area contributed by atoms with Gasteiger partial charge in [0.1, 0.15) is 12.4 Å². The normalized spacial score (nSPS) is 10.1. The Morgan fingerprint density at radius 3 is 3.00 bits per heavy atom. The van der Waals surface area contributed by atoms with Crippen molar-refractivity contribution in [2.75, 3.05) is 26.4 Å². The van der Waals surface area contributed by atoms with Crippen LogP contribution in [0.1, 0.15) is 12.5 Å². The molecular formula is C16H20BrNO2. The lowest BCUT2D eigenvalue weighted by Crippen LogP contribution is -2.20. The molecule has 0 fully saturated rings. The molecule has 1 aromatic carbocycles. The van der Waals surface area contributed by atoms with E-state index in [1.165, 1.54) is 0 Å². The van der Waals surface area contributed by atoms with Crippen molar-refractivity contribution >= 4 is 15.9 Å². The molecule has 1 aromatic rings. The number of benzene rings is 1. The second kappa shape index (κ2) is 9.60. The zero-order valence-electron chi connectivity index (χ0n) is 11.7. The molecule has 0 radical (unpaired) electrons. The second-order valence-corrected chi connectivity index (χ2v) is 5.35. The zero-order valence-corrected chi connectivity index (χ0v) is 13.3. The highest BCUT2D eigenvalue weighted by Gasteiger charge is 2.04. The van der Waals surface area contributed by atoms with E-state index >= 15 is 0 Å². The van der Waals surface area contributed by atoms with Crippen molar-refractivity contribution in [2.24, 2.45) is 0 Å². The Kier molecular flexibility index (Phi) is 8.05. The van der Waals surface area contributed by atoms with E-state index in [0.29, 0.717) is 19.8 Å². The molecule has 0 aliphatic rings. The number of rotatable bonds is 9. The summed E-state index contributed by atoms with van der Waals surface area (Å²) in [5.74, 6) is 3.28. The van der Waals surface area contributed by atoms with Gasteiger partial charge in [-0.25, -0.2) is 0 Å². The lowest BCUT2D eigenvalue weighted by atomic mass is 10.2. The summed E-state index contributed by atoms with van der Waals surface area (Å²) in [6.07, 6.45) is 5.21. The third-order valence-corrected chi connectivity index (χ3v) is 2.91. The van der Waals surface area contributed by atoms with E-state index in [1.54, 1.807) is 0 Å². The smallest absolute Gasteiger partial charge is 0.148 e. The zero-order chi connectivity index (χ0) is 14.8. The number of terminal acetylenes is 1. The highest BCUT2D eigenvalue weighted by molar-refractivity contribution is 9.10. The van der Waals surface area contributed by atoms with Crippen LogP contribution in [0.2, 0.25) is 0 Å². The average molecular weight is 338 g/mol. The summed E-state index contributed by atoms with van der Waals surface area (Å²) in [5, 5.41) is 3.31. The van der Waals surface area contributed by atoms with Crippen molar-refractivity contribution in [2.45, 2.75) is 13.5 Å². The molecule has 0 aromatic heterocycles. The Balaban J connectivity index is 2.40. The minimum Gasteiger partial charge on any atom is -0.481 e. The third kappa shape index (κ3) is 6.76. The molecule has 0 amide bonds. The van der Waals surface area contributed by atoms with Crippen LogP contribution >= 0.6 is 15.9 Å². The lowest BCUT2D eigenvalue weighted by Gasteiger charge is -2.11. The topological polar surface area (TPSA) is 30.5 Å². The van der Waals surface area contributed by atoms with Gasteiger partial charge < -0.3 is 14.8 Å². The number of ether oxygens (including phenoxy) is 2. The van der Waals surface area contributed by atoms with Crippen molar-refractivity contribution in [3.63, 3.8) is 0 Å². The quantitative estimate of drug-likeness (QED) is 0.426. The summed E-state index contributed by atoms with van der Waals surface area (Å²) < 4.78 is 11.9. The van der Waals surface area contributed by atoms with Gasteiger partial charge in [0, 0.05) is 23.1 Å². The van der Waals surface area contributed by atoms with Crippen molar-refractivity contribution in [1.82, 2.24) is 5.32 Å². The van der Waals surface area contributed by atoms with Crippen LogP contribution < -0.4 is 10.1 Å². The maximum Gasteiger partial charge on any atom is 0.148 e. The molecular weight excluding hydrogens is 318 g/mol. The van der Waals surface area contributed by atoms with Crippen LogP contribution in [0, 0.1) is 12.3 Å². The molecule has 0 heterocycles. The summed E-state index contributed by atoms with van der Waals surface area (Å²) in [6, 6.07) is 5.87. The molecule has 0 spiro atoms. The van der Waals surface area contributed by atoms with Gasteiger partial charge in [0.15, 0.2) is 0 Å². The molecule has 0 saturated heterocycles. The Labute approximate surface area is 129 Å². The first-order chi connectivity index (χ1) is 9.63. The van der Waals surface area contributed by atoms with E-state index in [4.69, 9.17) is 15.9 Å².